The van der Waals surface area contributed by atoms with Crippen molar-refractivity contribution in [1.82, 2.24) is 10.2 Å². The Bertz CT molecular complexity index is 379. The van der Waals surface area contributed by atoms with Crippen molar-refractivity contribution in [3.05, 3.63) is 0 Å². The van der Waals surface area contributed by atoms with Crippen molar-refractivity contribution >= 4 is 6.09 Å². The standard InChI is InChI=1S/C17H32N2O3/c1-12(20)11-18-14-8-5-7-13(14)15-9-6-10-19(15)16(21)22-17(2,3)4/h12-15,18,20H,5-11H2,1-4H3/t12-,13+,14+,15+/m1/s1. The average molecular weight is 312 g/mol. The summed E-state index contributed by atoms with van der Waals surface area (Å²) >= 11 is 0. The maximum atomic E-state index is 12.4. The summed E-state index contributed by atoms with van der Waals surface area (Å²) in [6.07, 6.45) is 5.11. The maximum absolute atomic E-state index is 12.4. The maximum Gasteiger partial charge on any atom is 0.410 e. The van der Waals surface area contributed by atoms with Crippen molar-refractivity contribution in [3.63, 3.8) is 0 Å². The molecule has 0 spiro atoms. The van der Waals surface area contributed by atoms with Crippen LogP contribution in [0.4, 0.5) is 4.79 Å². The summed E-state index contributed by atoms with van der Waals surface area (Å²) in [6, 6.07) is 0.687. The molecule has 1 heterocycles. The van der Waals surface area contributed by atoms with Crippen LogP contribution < -0.4 is 5.32 Å². The highest BCUT2D eigenvalue weighted by atomic mass is 16.6. The Hall–Kier alpha value is -0.810. The van der Waals surface area contributed by atoms with Gasteiger partial charge in [0.1, 0.15) is 5.60 Å². The van der Waals surface area contributed by atoms with E-state index in [-0.39, 0.29) is 18.2 Å². The van der Waals surface area contributed by atoms with Gasteiger partial charge in [-0.05, 0) is 59.3 Å². The second kappa shape index (κ2) is 7.18. The Labute approximate surface area is 134 Å². The van der Waals surface area contributed by atoms with E-state index in [9.17, 15) is 9.90 Å². The number of aliphatic hydroxyl groups is 1. The van der Waals surface area contributed by atoms with E-state index in [0.29, 0.717) is 18.5 Å². The van der Waals surface area contributed by atoms with E-state index >= 15 is 0 Å². The number of amides is 1. The molecule has 1 amide bonds. The minimum Gasteiger partial charge on any atom is -0.444 e. The van der Waals surface area contributed by atoms with Crippen LogP contribution in [0.3, 0.4) is 0 Å². The SMILES string of the molecule is C[C@@H](O)CN[C@H]1CCC[C@@H]1[C@@H]1CCCN1C(=O)OC(C)(C)C. The van der Waals surface area contributed by atoms with E-state index in [0.717, 1.165) is 32.2 Å². The molecule has 1 aliphatic heterocycles. The van der Waals surface area contributed by atoms with Crippen molar-refractivity contribution < 1.29 is 14.6 Å². The number of rotatable bonds is 4. The highest BCUT2D eigenvalue weighted by molar-refractivity contribution is 5.69. The fourth-order valence-corrected chi connectivity index (χ4v) is 3.81. The van der Waals surface area contributed by atoms with Crippen LogP contribution in [0, 0.1) is 5.92 Å². The molecule has 5 heteroatoms. The third kappa shape index (κ3) is 4.59. The second-order valence-electron chi connectivity index (χ2n) is 7.84. The number of carbonyl (C=O) groups is 1. The molecule has 0 radical (unpaired) electrons. The summed E-state index contributed by atoms with van der Waals surface area (Å²) in [6.45, 7) is 8.98. The molecule has 0 aromatic heterocycles. The minimum absolute atomic E-state index is 0.170. The lowest BCUT2D eigenvalue weighted by molar-refractivity contribution is 0.0164. The number of carbonyl (C=O) groups excluding carboxylic acids is 1. The molecule has 2 fully saturated rings. The molecule has 0 aromatic carbocycles. The molecule has 2 aliphatic rings. The topological polar surface area (TPSA) is 61.8 Å². The predicted octanol–water partition coefficient (Wildman–Crippen LogP) is 2.53. The molecule has 1 aliphatic carbocycles. The summed E-state index contributed by atoms with van der Waals surface area (Å²) in [5.41, 5.74) is -0.441. The van der Waals surface area contributed by atoms with Gasteiger partial charge < -0.3 is 20.1 Å². The zero-order valence-electron chi connectivity index (χ0n) is 14.5. The fraction of sp³-hybridized carbons (Fsp3) is 0.941. The quantitative estimate of drug-likeness (QED) is 0.837. The van der Waals surface area contributed by atoms with Crippen molar-refractivity contribution in [2.75, 3.05) is 13.1 Å². The van der Waals surface area contributed by atoms with Gasteiger partial charge in [-0.1, -0.05) is 6.42 Å². The van der Waals surface area contributed by atoms with Gasteiger partial charge in [-0.2, -0.15) is 0 Å². The van der Waals surface area contributed by atoms with Crippen LogP contribution in [-0.2, 0) is 4.74 Å². The van der Waals surface area contributed by atoms with Gasteiger partial charge >= 0.3 is 6.09 Å². The molecular weight excluding hydrogens is 280 g/mol. The lowest BCUT2D eigenvalue weighted by atomic mass is 9.92. The summed E-state index contributed by atoms with van der Waals surface area (Å²) in [7, 11) is 0. The summed E-state index contributed by atoms with van der Waals surface area (Å²) < 4.78 is 5.57. The van der Waals surface area contributed by atoms with Gasteiger partial charge in [-0.15, -0.1) is 0 Å². The molecule has 1 saturated carbocycles. The third-order valence-corrected chi connectivity index (χ3v) is 4.67. The van der Waals surface area contributed by atoms with Crippen LogP contribution in [0.2, 0.25) is 0 Å². The summed E-state index contributed by atoms with van der Waals surface area (Å²) in [5.74, 6) is 0.480. The highest BCUT2D eigenvalue weighted by Crippen LogP contribution is 2.36. The van der Waals surface area contributed by atoms with Gasteiger partial charge in [0.2, 0.25) is 0 Å². The Morgan fingerprint density at radius 1 is 1.32 bits per heavy atom. The van der Waals surface area contributed by atoms with Gasteiger partial charge in [0.25, 0.3) is 0 Å². The minimum atomic E-state index is -0.441. The van der Waals surface area contributed by atoms with Crippen LogP contribution >= 0.6 is 0 Å². The van der Waals surface area contributed by atoms with E-state index in [1.165, 1.54) is 6.42 Å². The molecule has 128 valence electrons. The monoisotopic (exact) mass is 312 g/mol. The predicted molar refractivity (Wildman–Crippen MR) is 86.8 cm³/mol. The van der Waals surface area contributed by atoms with Crippen LogP contribution in [0.15, 0.2) is 0 Å². The summed E-state index contributed by atoms with van der Waals surface area (Å²) in [5, 5.41) is 13.0. The van der Waals surface area contributed by atoms with E-state index in [1.54, 1.807) is 6.92 Å². The van der Waals surface area contributed by atoms with E-state index in [2.05, 4.69) is 5.32 Å². The first-order valence-electron chi connectivity index (χ1n) is 8.69. The first-order valence-corrected chi connectivity index (χ1v) is 8.69. The van der Waals surface area contributed by atoms with Crippen LogP contribution in [0.1, 0.15) is 59.8 Å². The molecule has 22 heavy (non-hydrogen) atoms. The van der Waals surface area contributed by atoms with Crippen molar-refractivity contribution in [2.45, 2.75) is 83.6 Å². The molecule has 4 atom stereocenters. The first-order chi connectivity index (χ1) is 10.3. The molecule has 5 nitrogen and oxygen atoms in total. The Balaban J connectivity index is 1.98. The van der Waals surface area contributed by atoms with Gasteiger partial charge in [0, 0.05) is 25.2 Å². The molecule has 0 bridgehead atoms. The normalized spacial score (nSPS) is 30.6. The van der Waals surface area contributed by atoms with Crippen molar-refractivity contribution in [2.24, 2.45) is 5.92 Å². The summed E-state index contributed by atoms with van der Waals surface area (Å²) in [4.78, 5) is 14.4. The zero-order chi connectivity index (χ0) is 16.3. The third-order valence-electron chi connectivity index (χ3n) is 4.67. The first kappa shape index (κ1) is 17.5. The Morgan fingerprint density at radius 3 is 2.68 bits per heavy atom. The van der Waals surface area contributed by atoms with E-state index < -0.39 is 5.60 Å². The number of likely N-dealkylation sites (tertiary alicyclic amines) is 1. The molecule has 0 aromatic rings. The smallest absolute Gasteiger partial charge is 0.410 e. The molecule has 0 unspecified atom stereocenters. The van der Waals surface area contributed by atoms with Crippen LogP contribution in [-0.4, -0.2) is 53.0 Å². The van der Waals surface area contributed by atoms with E-state index in [1.807, 2.05) is 25.7 Å². The Kier molecular flexibility index (Phi) is 5.72. The number of ether oxygens (including phenoxy) is 1. The van der Waals surface area contributed by atoms with Crippen LogP contribution in [0.25, 0.3) is 0 Å². The lowest BCUT2D eigenvalue weighted by Crippen LogP contribution is -2.48. The van der Waals surface area contributed by atoms with Gasteiger partial charge in [0.05, 0.1) is 6.10 Å². The number of nitrogens with zero attached hydrogens (tertiary/aromatic N) is 1. The van der Waals surface area contributed by atoms with Gasteiger partial charge in [0.15, 0.2) is 0 Å². The van der Waals surface area contributed by atoms with Crippen molar-refractivity contribution in [1.29, 1.82) is 0 Å². The van der Waals surface area contributed by atoms with Crippen LogP contribution in [0.5, 0.6) is 0 Å². The lowest BCUT2D eigenvalue weighted by Gasteiger charge is -2.34. The molecule has 2 rings (SSSR count). The van der Waals surface area contributed by atoms with Crippen molar-refractivity contribution in [3.8, 4) is 0 Å². The number of aliphatic hydroxyl groups excluding tert-OH is 1. The average Bonchev–Trinajstić information content (AvgIpc) is 3.02. The zero-order valence-corrected chi connectivity index (χ0v) is 14.5. The fourth-order valence-electron chi connectivity index (χ4n) is 3.81. The Morgan fingerprint density at radius 2 is 2.05 bits per heavy atom. The van der Waals surface area contributed by atoms with Gasteiger partial charge in [-0.25, -0.2) is 4.79 Å². The molecule has 1 saturated heterocycles. The number of hydrogen-bond donors (Lipinski definition) is 2. The molecular formula is C17H32N2O3. The second-order valence-corrected chi connectivity index (χ2v) is 7.84. The highest BCUT2D eigenvalue weighted by Gasteiger charge is 2.41. The van der Waals surface area contributed by atoms with E-state index in [4.69, 9.17) is 4.74 Å². The molecule has 2 N–H and O–H groups in total. The number of hydrogen-bond acceptors (Lipinski definition) is 4. The largest absolute Gasteiger partial charge is 0.444 e. The van der Waals surface area contributed by atoms with Gasteiger partial charge in [-0.3, -0.25) is 0 Å². The number of nitrogens with one attached hydrogen (secondary N) is 1.